The first-order chi connectivity index (χ1) is 10.1. The van der Waals surface area contributed by atoms with Gasteiger partial charge in [0.2, 0.25) is 0 Å². The fraction of sp³-hybridized carbons (Fsp3) is 0.471. The maximum absolute atomic E-state index is 5.89. The second kappa shape index (κ2) is 7.57. The standard InChI is InChI=1S/C17H24N2OS/c1-5-13-7-6-8-14(9-13)20-11-16-19-17(12(2)3)15(21-16)10-18-4/h6-9,12,18H,5,10-11H2,1-4H3. The van der Waals surface area contributed by atoms with Crippen LogP contribution in [0.2, 0.25) is 0 Å². The van der Waals surface area contributed by atoms with Gasteiger partial charge in [0.05, 0.1) is 5.69 Å². The van der Waals surface area contributed by atoms with Gasteiger partial charge in [-0.3, -0.25) is 0 Å². The Morgan fingerprint density at radius 2 is 2.14 bits per heavy atom. The molecule has 4 heteroatoms. The van der Waals surface area contributed by atoms with Gasteiger partial charge in [0.25, 0.3) is 0 Å². The van der Waals surface area contributed by atoms with Crippen LogP contribution in [-0.2, 0) is 19.6 Å². The minimum Gasteiger partial charge on any atom is -0.486 e. The van der Waals surface area contributed by atoms with Crippen molar-refractivity contribution in [1.82, 2.24) is 10.3 Å². The predicted octanol–water partition coefficient (Wildman–Crippen LogP) is 4.13. The van der Waals surface area contributed by atoms with Crippen LogP contribution in [0, 0.1) is 0 Å². The fourth-order valence-electron chi connectivity index (χ4n) is 2.21. The number of thiazole rings is 1. The van der Waals surface area contributed by atoms with Gasteiger partial charge in [-0.2, -0.15) is 0 Å². The van der Waals surface area contributed by atoms with Gasteiger partial charge in [0.1, 0.15) is 17.4 Å². The van der Waals surface area contributed by atoms with E-state index < -0.39 is 0 Å². The molecule has 0 aliphatic carbocycles. The number of rotatable bonds is 7. The SMILES string of the molecule is CCc1cccc(OCc2nc(C(C)C)c(CNC)s2)c1. The van der Waals surface area contributed by atoms with Crippen LogP contribution in [0.3, 0.4) is 0 Å². The highest BCUT2D eigenvalue weighted by atomic mass is 32.1. The molecule has 2 rings (SSSR count). The summed E-state index contributed by atoms with van der Waals surface area (Å²) in [5.41, 5.74) is 2.49. The van der Waals surface area contributed by atoms with Crippen molar-refractivity contribution in [3.05, 3.63) is 45.4 Å². The van der Waals surface area contributed by atoms with Gasteiger partial charge in [-0.25, -0.2) is 4.98 Å². The van der Waals surface area contributed by atoms with Gasteiger partial charge in [-0.1, -0.05) is 32.9 Å². The zero-order valence-electron chi connectivity index (χ0n) is 13.3. The average Bonchev–Trinajstić information content (AvgIpc) is 2.89. The number of nitrogens with zero attached hydrogens (tertiary/aromatic N) is 1. The summed E-state index contributed by atoms with van der Waals surface area (Å²) in [5, 5.41) is 4.26. The third-order valence-corrected chi connectivity index (χ3v) is 4.37. The van der Waals surface area contributed by atoms with Gasteiger partial charge in [0, 0.05) is 11.4 Å². The number of ether oxygens (including phenoxy) is 1. The summed E-state index contributed by atoms with van der Waals surface area (Å²) in [5.74, 6) is 1.37. The number of nitrogens with one attached hydrogen (secondary N) is 1. The van der Waals surface area contributed by atoms with Crippen LogP contribution in [0.4, 0.5) is 0 Å². The number of aromatic nitrogens is 1. The van der Waals surface area contributed by atoms with E-state index in [0.717, 1.165) is 23.7 Å². The molecule has 0 aliphatic heterocycles. The summed E-state index contributed by atoms with van der Waals surface area (Å²) >= 11 is 1.74. The third-order valence-electron chi connectivity index (χ3n) is 3.33. The molecule has 0 fully saturated rings. The Morgan fingerprint density at radius 3 is 2.81 bits per heavy atom. The summed E-state index contributed by atoms with van der Waals surface area (Å²) in [6.07, 6.45) is 1.03. The number of hydrogen-bond donors (Lipinski definition) is 1. The van der Waals surface area contributed by atoms with Crippen LogP contribution in [0.1, 0.15) is 47.8 Å². The fourth-order valence-corrected chi connectivity index (χ4v) is 3.36. The van der Waals surface area contributed by atoms with Crippen molar-refractivity contribution < 1.29 is 4.74 Å². The van der Waals surface area contributed by atoms with Crippen LogP contribution in [0.25, 0.3) is 0 Å². The highest BCUT2D eigenvalue weighted by molar-refractivity contribution is 7.11. The van der Waals surface area contributed by atoms with Gasteiger partial charge in [0.15, 0.2) is 0 Å². The normalized spacial score (nSPS) is 11.1. The van der Waals surface area contributed by atoms with Crippen molar-refractivity contribution in [2.45, 2.75) is 46.3 Å². The van der Waals surface area contributed by atoms with Crippen molar-refractivity contribution in [3.8, 4) is 5.75 Å². The van der Waals surface area contributed by atoms with Crippen LogP contribution < -0.4 is 10.1 Å². The van der Waals surface area contributed by atoms with Crippen LogP contribution >= 0.6 is 11.3 Å². The molecule has 2 aromatic rings. The number of hydrogen-bond acceptors (Lipinski definition) is 4. The topological polar surface area (TPSA) is 34.1 Å². The van der Waals surface area contributed by atoms with E-state index in [9.17, 15) is 0 Å². The quantitative estimate of drug-likeness (QED) is 0.835. The highest BCUT2D eigenvalue weighted by Crippen LogP contribution is 2.26. The van der Waals surface area contributed by atoms with Crippen LogP contribution in [0.5, 0.6) is 5.75 Å². The Balaban J connectivity index is 2.07. The highest BCUT2D eigenvalue weighted by Gasteiger charge is 2.14. The molecule has 1 N–H and O–H groups in total. The lowest BCUT2D eigenvalue weighted by molar-refractivity contribution is 0.305. The lowest BCUT2D eigenvalue weighted by Crippen LogP contribution is -2.06. The second-order valence-electron chi connectivity index (χ2n) is 5.39. The molecule has 0 spiro atoms. The smallest absolute Gasteiger partial charge is 0.140 e. The molecule has 114 valence electrons. The summed E-state index contributed by atoms with van der Waals surface area (Å²) in [7, 11) is 1.97. The van der Waals surface area contributed by atoms with Crippen molar-refractivity contribution in [3.63, 3.8) is 0 Å². The minimum absolute atomic E-state index is 0.446. The van der Waals surface area contributed by atoms with Crippen LogP contribution in [0.15, 0.2) is 24.3 Å². The Bertz CT molecular complexity index is 578. The summed E-state index contributed by atoms with van der Waals surface area (Å²) in [6.45, 7) is 7.93. The van der Waals surface area contributed by atoms with Gasteiger partial charge < -0.3 is 10.1 Å². The van der Waals surface area contributed by atoms with E-state index in [-0.39, 0.29) is 0 Å². The van der Waals surface area contributed by atoms with E-state index in [0.29, 0.717) is 12.5 Å². The molecule has 0 aliphatic rings. The number of benzene rings is 1. The molecule has 0 atom stereocenters. The number of aryl methyl sites for hydroxylation is 1. The first kappa shape index (κ1) is 16.0. The van der Waals surface area contributed by atoms with E-state index in [2.05, 4.69) is 38.2 Å². The van der Waals surface area contributed by atoms with Crippen molar-refractivity contribution in [2.75, 3.05) is 7.05 Å². The van der Waals surface area contributed by atoms with Crippen molar-refractivity contribution >= 4 is 11.3 Å². The van der Waals surface area contributed by atoms with Gasteiger partial charge in [-0.05, 0) is 37.1 Å². The molecule has 3 nitrogen and oxygen atoms in total. The molecule has 0 amide bonds. The first-order valence-corrected chi connectivity index (χ1v) is 8.30. The summed E-state index contributed by atoms with van der Waals surface area (Å²) in [4.78, 5) is 6.05. The zero-order valence-corrected chi connectivity index (χ0v) is 14.1. The lowest BCUT2D eigenvalue weighted by atomic mass is 10.1. The molecular weight excluding hydrogens is 280 g/mol. The second-order valence-corrected chi connectivity index (χ2v) is 6.56. The molecule has 21 heavy (non-hydrogen) atoms. The third kappa shape index (κ3) is 4.29. The molecule has 0 unspecified atom stereocenters. The molecule has 1 aromatic carbocycles. The van der Waals surface area contributed by atoms with E-state index >= 15 is 0 Å². The molecule has 0 saturated carbocycles. The zero-order chi connectivity index (χ0) is 15.2. The average molecular weight is 304 g/mol. The van der Waals surface area contributed by atoms with E-state index in [4.69, 9.17) is 9.72 Å². The molecular formula is C17H24N2OS. The Morgan fingerprint density at radius 1 is 1.33 bits per heavy atom. The van der Waals surface area contributed by atoms with Crippen LogP contribution in [-0.4, -0.2) is 12.0 Å². The molecule has 0 bridgehead atoms. The van der Waals surface area contributed by atoms with E-state index in [1.165, 1.54) is 16.1 Å². The van der Waals surface area contributed by atoms with Gasteiger partial charge in [-0.15, -0.1) is 11.3 Å². The van der Waals surface area contributed by atoms with Gasteiger partial charge >= 0.3 is 0 Å². The molecule has 0 saturated heterocycles. The van der Waals surface area contributed by atoms with Crippen molar-refractivity contribution in [1.29, 1.82) is 0 Å². The largest absolute Gasteiger partial charge is 0.486 e. The minimum atomic E-state index is 0.446. The summed E-state index contributed by atoms with van der Waals surface area (Å²) in [6, 6.07) is 8.27. The van der Waals surface area contributed by atoms with E-state index in [1.54, 1.807) is 11.3 Å². The molecule has 1 aromatic heterocycles. The Hall–Kier alpha value is -1.39. The first-order valence-electron chi connectivity index (χ1n) is 7.48. The lowest BCUT2D eigenvalue weighted by Gasteiger charge is -2.05. The van der Waals surface area contributed by atoms with E-state index in [1.807, 2.05) is 19.2 Å². The Labute approximate surface area is 131 Å². The molecule has 1 heterocycles. The predicted molar refractivity (Wildman–Crippen MR) is 89.1 cm³/mol. The maximum Gasteiger partial charge on any atom is 0.140 e. The summed E-state index contributed by atoms with van der Waals surface area (Å²) < 4.78 is 5.89. The Kier molecular flexibility index (Phi) is 5.76. The van der Waals surface area contributed by atoms with Crippen molar-refractivity contribution in [2.24, 2.45) is 0 Å². The monoisotopic (exact) mass is 304 g/mol. The molecule has 0 radical (unpaired) electrons. The maximum atomic E-state index is 5.89.